The van der Waals surface area contributed by atoms with E-state index in [2.05, 4.69) is 0 Å². The molecule has 2 aromatic rings. The number of likely N-dealkylation sites (tertiary alicyclic amines) is 1. The second-order valence-corrected chi connectivity index (χ2v) is 11.0. The molecule has 33 heavy (non-hydrogen) atoms. The maximum absolute atomic E-state index is 15.4. The summed E-state index contributed by atoms with van der Waals surface area (Å²) in [5, 5.41) is 0. The van der Waals surface area contributed by atoms with Gasteiger partial charge in [0.05, 0.1) is 6.61 Å². The standard InChI is InChI=1S/C26H31F2NO3S/c1-24(2,3)17-31-23(30)29-13-11-25(12-14-29)26(27,28)16-20-15-19(7-10-22(20)32-25)18-5-8-21(33-4)9-6-18/h5-10,15H,11-14,16-17H2,1-4H3. The van der Waals surface area contributed by atoms with Crippen molar-refractivity contribution in [3.63, 3.8) is 0 Å². The predicted molar refractivity (Wildman–Crippen MR) is 127 cm³/mol. The number of carbonyl (C=O) groups is 1. The number of alkyl halides is 2. The van der Waals surface area contributed by atoms with Crippen LogP contribution in [0.5, 0.6) is 5.75 Å². The van der Waals surface area contributed by atoms with E-state index in [1.807, 2.05) is 63.4 Å². The molecule has 2 heterocycles. The summed E-state index contributed by atoms with van der Waals surface area (Å²) in [5.74, 6) is -2.52. The topological polar surface area (TPSA) is 38.8 Å². The molecule has 0 bridgehead atoms. The summed E-state index contributed by atoms with van der Waals surface area (Å²) in [7, 11) is 0. The molecule has 2 aromatic carbocycles. The Kier molecular flexibility index (Phi) is 6.38. The molecule has 0 N–H and O–H groups in total. The smallest absolute Gasteiger partial charge is 0.409 e. The molecule has 4 nitrogen and oxygen atoms in total. The normalized spacial score (nSPS) is 19.0. The van der Waals surface area contributed by atoms with Gasteiger partial charge in [0.25, 0.3) is 5.92 Å². The number of benzene rings is 2. The number of ether oxygens (including phenoxy) is 2. The van der Waals surface area contributed by atoms with Crippen molar-refractivity contribution in [1.82, 2.24) is 4.90 Å². The molecule has 1 fully saturated rings. The number of carbonyl (C=O) groups excluding carboxylic acids is 1. The van der Waals surface area contributed by atoms with Gasteiger partial charge in [0.1, 0.15) is 5.75 Å². The number of hydrogen-bond donors (Lipinski definition) is 0. The van der Waals surface area contributed by atoms with E-state index < -0.39 is 17.6 Å². The Bertz CT molecular complexity index is 1010. The molecule has 1 spiro atoms. The van der Waals surface area contributed by atoms with Gasteiger partial charge in [-0.15, -0.1) is 11.8 Å². The number of amides is 1. The quantitative estimate of drug-likeness (QED) is 0.465. The lowest BCUT2D eigenvalue weighted by Gasteiger charge is -2.48. The molecule has 0 atom stereocenters. The van der Waals surface area contributed by atoms with Gasteiger partial charge in [-0.1, -0.05) is 39.0 Å². The van der Waals surface area contributed by atoms with Crippen LogP contribution >= 0.6 is 11.8 Å². The fourth-order valence-electron chi connectivity index (χ4n) is 4.35. The number of piperidine rings is 1. The van der Waals surface area contributed by atoms with Gasteiger partial charge in [0, 0.05) is 42.8 Å². The van der Waals surface area contributed by atoms with Crippen molar-refractivity contribution >= 4 is 17.9 Å². The Hall–Kier alpha value is -2.28. The highest BCUT2D eigenvalue weighted by Gasteiger charge is 2.59. The number of fused-ring (bicyclic) bond motifs is 1. The molecule has 0 saturated carbocycles. The first-order valence-corrected chi connectivity index (χ1v) is 12.5. The molecule has 7 heteroatoms. The molecule has 4 rings (SSSR count). The van der Waals surface area contributed by atoms with Gasteiger partial charge in [-0.25, -0.2) is 13.6 Å². The summed E-state index contributed by atoms with van der Waals surface area (Å²) in [6.07, 6.45) is 1.34. The largest absolute Gasteiger partial charge is 0.481 e. The van der Waals surface area contributed by atoms with Crippen LogP contribution in [0, 0.1) is 5.41 Å². The molecule has 0 aromatic heterocycles. The SMILES string of the molecule is CSc1ccc(-c2ccc3c(c2)CC(F)(F)C2(CCN(C(=O)OCC(C)(C)C)CC2)O3)cc1. The van der Waals surface area contributed by atoms with Crippen LogP contribution in [0.4, 0.5) is 13.6 Å². The van der Waals surface area contributed by atoms with Crippen molar-refractivity contribution in [2.24, 2.45) is 5.41 Å². The van der Waals surface area contributed by atoms with Crippen LogP contribution < -0.4 is 4.74 Å². The maximum atomic E-state index is 15.4. The monoisotopic (exact) mass is 475 g/mol. The van der Waals surface area contributed by atoms with Crippen LogP contribution in [0.25, 0.3) is 11.1 Å². The minimum Gasteiger partial charge on any atom is -0.481 e. The Morgan fingerprint density at radius 3 is 2.33 bits per heavy atom. The zero-order valence-electron chi connectivity index (χ0n) is 19.6. The van der Waals surface area contributed by atoms with Crippen LogP contribution in [0.1, 0.15) is 39.2 Å². The van der Waals surface area contributed by atoms with Crippen LogP contribution in [0.2, 0.25) is 0 Å². The zero-order valence-corrected chi connectivity index (χ0v) is 20.4. The average Bonchev–Trinajstić information content (AvgIpc) is 2.78. The molecule has 1 amide bonds. The second-order valence-electron chi connectivity index (χ2n) is 10.1. The number of rotatable bonds is 3. The van der Waals surface area contributed by atoms with E-state index in [0.717, 1.165) is 16.0 Å². The number of halogens is 2. The first-order valence-electron chi connectivity index (χ1n) is 11.3. The third-order valence-corrected chi connectivity index (χ3v) is 7.07. The van der Waals surface area contributed by atoms with Crippen molar-refractivity contribution in [2.75, 3.05) is 26.0 Å². The van der Waals surface area contributed by atoms with Gasteiger partial charge in [0.2, 0.25) is 0 Å². The molecule has 2 aliphatic heterocycles. The highest BCUT2D eigenvalue weighted by molar-refractivity contribution is 7.98. The molecule has 0 unspecified atom stereocenters. The van der Waals surface area contributed by atoms with Gasteiger partial charge in [0.15, 0.2) is 5.60 Å². The van der Waals surface area contributed by atoms with E-state index in [0.29, 0.717) is 11.3 Å². The van der Waals surface area contributed by atoms with Gasteiger partial charge in [-0.2, -0.15) is 0 Å². The number of hydrogen-bond acceptors (Lipinski definition) is 4. The minimum absolute atomic E-state index is 0.0714. The Labute approximate surface area is 198 Å². The van der Waals surface area contributed by atoms with E-state index in [1.165, 1.54) is 4.90 Å². The van der Waals surface area contributed by atoms with Crippen LogP contribution in [-0.4, -0.2) is 48.5 Å². The van der Waals surface area contributed by atoms with E-state index in [9.17, 15) is 4.79 Å². The molecule has 0 aliphatic carbocycles. The van der Waals surface area contributed by atoms with Gasteiger partial charge in [-0.05, 0) is 47.1 Å². The van der Waals surface area contributed by atoms with E-state index >= 15 is 8.78 Å². The highest BCUT2D eigenvalue weighted by atomic mass is 32.2. The van der Waals surface area contributed by atoms with Crippen LogP contribution in [0.3, 0.4) is 0 Å². The van der Waals surface area contributed by atoms with Crippen molar-refractivity contribution in [3.05, 3.63) is 48.0 Å². The molecular formula is C26H31F2NO3S. The third kappa shape index (κ3) is 4.98. The number of nitrogens with zero attached hydrogens (tertiary/aromatic N) is 1. The van der Waals surface area contributed by atoms with Crippen molar-refractivity contribution in [3.8, 4) is 16.9 Å². The first-order chi connectivity index (χ1) is 15.5. The lowest BCUT2D eigenvalue weighted by atomic mass is 9.79. The third-order valence-electron chi connectivity index (χ3n) is 6.33. The molecule has 1 saturated heterocycles. The van der Waals surface area contributed by atoms with Gasteiger partial charge >= 0.3 is 6.09 Å². The second kappa shape index (κ2) is 8.82. The number of thioether (sulfide) groups is 1. The van der Waals surface area contributed by atoms with Crippen molar-refractivity contribution in [2.45, 2.75) is 56.5 Å². The fourth-order valence-corrected chi connectivity index (χ4v) is 4.76. The lowest BCUT2D eigenvalue weighted by molar-refractivity contribution is -0.193. The minimum atomic E-state index is -3.03. The van der Waals surface area contributed by atoms with Gasteiger partial charge in [-0.3, -0.25) is 0 Å². The summed E-state index contributed by atoms with van der Waals surface area (Å²) in [5.41, 5.74) is 0.659. The van der Waals surface area contributed by atoms with E-state index in [1.54, 1.807) is 17.8 Å². The Morgan fingerprint density at radius 2 is 1.73 bits per heavy atom. The fraction of sp³-hybridized carbons (Fsp3) is 0.500. The molecule has 178 valence electrons. The van der Waals surface area contributed by atoms with Crippen molar-refractivity contribution in [1.29, 1.82) is 0 Å². The molecule has 0 radical (unpaired) electrons. The van der Waals surface area contributed by atoms with Crippen LogP contribution in [-0.2, 0) is 11.2 Å². The maximum Gasteiger partial charge on any atom is 0.409 e. The molecule has 2 aliphatic rings. The highest BCUT2D eigenvalue weighted by Crippen LogP contribution is 2.49. The van der Waals surface area contributed by atoms with Crippen LogP contribution in [0.15, 0.2) is 47.4 Å². The van der Waals surface area contributed by atoms with E-state index in [4.69, 9.17) is 9.47 Å². The Balaban J connectivity index is 1.48. The predicted octanol–water partition coefficient (Wildman–Crippen LogP) is 6.66. The lowest BCUT2D eigenvalue weighted by Crippen LogP contribution is -2.62. The molecular weight excluding hydrogens is 444 g/mol. The first kappa shape index (κ1) is 23.9. The van der Waals surface area contributed by atoms with E-state index in [-0.39, 0.29) is 44.4 Å². The summed E-state index contributed by atoms with van der Waals surface area (Å²) >= 11 is 1.66. The average molecular weight is 476 g/mol. The summed E-state index contributed by atoms with van der Waals surface area (Å²) < 4.78 is 42.2. The van der Waals surface area contributed by atoms with Crippen molar-refractivity contribution < 1.29 is 23.0 Å². The zero-order chi connectivity index (χ0) is 23.9. The Morgan fingerprint density at radius 1 is 1.09 bits per heavy atom. The summed E-state index contributed by atoms with van der Waals surface area (Å²) in [6, 6.07) is 13.6. The summed E-state index contributed by atoms with van der Waals surface area (Å²) in [4.78, 5) is 15.0. The summed E-state index contributed by atoms with van der Waals surface area (Å²) in [6.45, 7) is 6.59. The van der Waals surface area contributed by atoms with Gasteiger partial charge < -0.3 is 14.4 Å².